The lowest BCUT2D eigenvalue weighted by Crippen LogP contribution is -2.02. The molecule has 1 nitrogen and oxygen atoms in total. The van der Waals surface area contributed by atoms with Crippen molar-refractivity contribution >= 4 is 0 Å². The second kappa shape index (κ2) is 3.16. The molecule has 6 heavy (non-hydrogen) atoms. The molecule has 0 spiro atoms. The maximum absolute atomic E-state index is 5.28. The van der Waals surface area contributed by atoms with Gasteiger partial charge in [0.2, 0.25) is 0 Å². The zero-order chi connectivity index (χ0) is 4.99. The first-order chi connectivity index (χ1) is 2.77. The summed E-state index contributed by atoms with van der Waals surface area (Å²) in [6, 6.07) is 0.977. The minimum atomic E-state index is 0.919. The quantitative estimate of drug-likeness (QED) is 0.534. The predicted molar refractivity (Wildman–Crippen MR) is 27.7 cm³/mol. The molecule has 0 rings (SSSR count). The van der Waals surface area contributed by atoms with Crippen LogP contribution in [0.1, 0.15) is 19.8 Å². The van der Waals surface area contributed by atoms with Gasteiger partial charge in [0.25, 0.3) is 0 Å². The van der Waals surface area contributed by atoms with Crippen molar-refractivity contribution in [3.63, 3.8) is 0 Å². The molecule has 36 valence electrons. The van der Waals surface area contributed by atoms with Crippen LogP contribution in [0.15, 0.2) is 0 Å². The SMILES string of the molecule is [CH2]CC[C](C)N. The zero-order valence-electron chi connectivity index (χ0n) is 4.20. The average molecular weight is 85.2 g/mol. The van der Waals surface area contributed by atoms with Crippen LogP contribution in [0.3, 0.4) is 0 Å². The van der Waals surface area contributed by atoms with Crippen LogP contribution in [-0.4, -0.2) is 0 Å². The zero-order valence-corrected chi connectivity index (χ0v) is 4.20. The fourth-order valence-corrected chi connectivity index (χ4v) is 0.279. The summed E-state index contributed by atoms with van der Waals surface area (Å²) < 4.78 is 0. The summed E-state index contributed by atoms with van der Waals surface area (Å²) >= 11 is 0. The molecule has 0 amide bonds. The summed E-state index contributed by atoms with van der Waals surface area (Å²) in [4.78, 5) is 0. The van der Waals surface area contributed by atoms with Crippen molar-refractivity contribution in [3.05, 3.63) is 13.0 Å². The summed E-state index contributed by atoms with van der Waals surface area (Å²) in [5, 5.41) is 0. The molecule has 0 aliphatic rings. The van der Waals surface area contributed by atoms with E-state index in [0.717, 1.165) is 18.9 Å². The summed E-state index contributed by atoms with van der Waals surface area (Å²) in [5.41, 5.74) is 5.28. The highest BCUT2D eigenvalue weighted by molar-refractivity contribution is 4.73. The molecule has 1 heteroatoms. The van der Waals surface area contributed by atoms with Crippen LogP contribution < -0.4 is 5.73 Å². The fraction of sp³-hybridized carbons (Fsp3) is 0.600. The van der Waals surface area contributed by atoms with Crippen LogP contribution in [0, 0.1) is 13.0 Å². The Hall–Kier alpha value is -0.0400. The van der Waals surface area contributed by atoms with Gasteiger partial charge in [0.15, 0.2) is 0 Å². The van der Waals surface area contributed by atoms with E-state index in [1.54, 1.807) is 0 Å². The van der Waals surface area contributed by atoms with E-state index in [1.165, 1.54) is 0 Å². The van der Waals surface area contributed by atoms with Gasteiger partial charge in [0.05, 0.1) is 0 Å². The molecule has 0 fully saturated rings. The predicted octanol–water partition coefficient (Wildman–Crippen LogP) is 1.11. The molecule has 0 unspecified atom stereocenters. The lowest BCUT2D eigenvalue weighted by Gasteiger charge is -1.95. The molecular weight excluding hydrogens is 74.1 g/mol. The molecular formula is C5H11N. The third-order valence-corrected chi connectivity index (χ3v) is 0.571. The minimum Gasteiger partial charge on any atom is -0.324 e. The topological polar surface area (TPSA) is 26.0 Å². The Morgan fingerprint density at radius 3 is 2.33 bits per heavy atom. The van der Waals surface area contributed by atoms with Gasteiger partial charge >= 0.3 is 0 Å². The molecule has 0 saturated carbocycles. The Morgan fingerprint density at radius 2 is 2.33 bits per heavy atom. The van der Waals surface area contributed by atoms with Gasteiger partial charge in [0, 0.05) is 6.04 Å². The van der Waals surface area contributed by atoms with Crippen LogP contribution in [-0.2, 0) is 0 Å². The van der Waals surface area contributed by atoms with Gasteiger partial charge in [0.1, 0.15) is 0 Å². The smallest absolute Gasteiger partial charge is 0.0305 e. The van der Waals surface area contributed by atoms with Gasteiger partial charge in [-0.15, -0.1) is 0 Å². The molecule has 0 saturated heterocycles. The van der Waals surface area contributed by atoms with Crippen molar-refractivity contribution in [3.8, 4) is 0 Å². The molecule has 2 N–H and O–H groups in total. The molecule has 0 aromatic heterocycles. The third kappa shape index (κ3) is 3.96. The maximum atomic E-state index is 5.28. The van der Waals surface area contributed by atoms with Crippen molar-refractivity contribution in [2.75, 3.05) is 0 Å². The molecule has 0 aliphatic carbocycles. The van der Waals surface area contributed by atoms with Crippen molar-refractivity contribution in [1.29, 1.82) is 0 Å². The van der Waals surface area contributed by atoms with Crippen LogP contribution in [0.5, 0.6) is 0 Å². The summed E-state index contributed by atoms with van der Waals surface area (Å²) in [6.45, 7) is 5.53. The van der Waals surface area contributed by atoms with Crippen LogP contribution in [0.2, 0.25) is 0 Å². The van der Waals surface area contributed by atoms with Crippen LogP contribution in [0.4, 0.5) is 0 Å². The van der Waals surface area contributed by atoms with Crippen molar-refractivity contribution in [1.82, 2.24) is 0 Å². The Morgan fingerprint density at radius 1 is 1.83 bits per heavy atom. The lowest BCUT2D eigenvalue weighted by molar-refractivity contribution is 0.826. The van der Waals surface area contributed by atoms with E-state index in [-0.39, 0.29) is 0 Å². The molecule has 0 bridgehead atoms. The number of hydrogen-bond acceptors (Lipinski definition) is 1. The summed E-state index contributed by atoms with van der Waals surface area (Å²) in [5.74, 6) is 0. The first-order valence-electron chi connectivity index (χ1n) is 2.14. The normalized spacial score (nSPS) is 10.0. The van der Waals surface area contributed by atoms with E-state index >= 15 is 0 Å². The molecule has 2 radical (unpaired) electrons. The van der Waals surface area contributed by atoms with E-state index < -0.39 is 0 Å². The maximum Gasteiger partial charge on any atom is 0.0305 e. The Kier molecular flexibility index (Phi) is 3.14. The molecule has 0 aromatic carbocycles. The summed E-state index contributed by atoms with van der Waals surface area (Å²) in [6.07, 6.45) is 1.88. The van der Waals surface area contributed by atoms with Crippen molar-refractivity contribution in [2.24, 2.45) is 5.73 Å². The molecule has 0 aliphatic heterocycles. The van der Waals surface area contributed by atoms with Crippen LogP contribution in [0.25, 0.3) is 0 Å². The van der Waals surface area contributed by atoms with E-state index in [1.807, 2.05) is 6.92 Å². The molecule has 0 atom stereocenters. The van der Waals surface area contributed by atoms with Gasteiger partial charge in [-0.3, -0.25) is 0 Å². The van der Waals surface area contributed by atoms with E-state index in [9.17, 15) is 0 Å². The van der Waals surface area contributed by atoms with E-state index in [4.69, 9.17) is 5.73 Å². The number of rotatable bonds is 2. The van der Waals surface area contributed by atoms with Crippen molar-refractivity contribution in [2.45, 2.75) is 19.8 Å². The number of nitrogens with two attached hydrogens (primary N) is 1. The van der Waals surface area contributed by atoms with Gasteiger partial charge in [-0.25, -0.2) is 0 Å². The van der Waals surface area contributed by atoms with Gasteiger partial charge in [-0.1, -0.05) is 13.3 Å². The van der Waals surface area contributed by atoms with Gasteiger partial charge < -0.3 is 5.73 Å². The second-order valence-corrected chi connectivity index (χ2v) is 1.45. The first-order valence-corrected chi connectivity index (χ1v) is 2.14. The average Bonchev–Trinajstić information content (AvgIpc) is 1.35. The molecule has 0 heterocycles. The summed E-state index contributed by atoms with van der Waals surface area (Å²) in [7, 11) is 0. The van der Waals surface area contributed by atoms with E-state index in [0.29, 0.717) is 0 Å². The largest absolute Gasteiger partial charge is 0.324 e. The Bertz CT molecular complexity index is 25.1. The highest BCUT2D eigenvalue weighted by Gasteiger charge is 1.86. The van der Waals surface area contributed by atoms with Crippen molar-refractivity contribution < 1.29 is 0 Å². The molecule has 0 aromatic rings. The lowest BCUT2D eigenvalue weighted by atomic mass is 10.2. The monoisotopic (exact) mass is 85.1 g/mol. The van der Waals surface area contributed by atoms with Gasteiger partial charge in [-0.05, 0) is 13.3 Å². The standard InChI is InChI=1S/C5H11N/c1-3-4-5(2)6/h1,3-4,6H2,2H3. The Labute approximate surface area is 39.5 Å². The minimum absolute atomic E-state index is 0.919. The second-order valence-electron chi connectivity index (χ2n) is 1.45. The van der Waals surface area contributed by atoms with Gasteiger partial charge in [-0.2, -0.15) is 0 Å². The van der Waals surface area contributed by atoms with E-state index in [2.05, 4.69) is 6.92 Å². The van der Waals surface area contributed by atoms with Crippen LogP contribution >= 0.6 is 0 Å². The highest BCUT2D eigenvalue weighted by atomic mass is 14.6. The third-order valence-electron chi connectivity index (χ3n) is 0.571. The number of hydrogen-bond donors (Lipinski definition) is 1. The first kappa shape index (κ1) is 5.96. The fourth-order valence-electron chi connectivity index (χ4n) is 0.279. The Balaban J connectivity index is 2.63. The highest BCUT2D eigenvalue weighted by Crippen LogP contribution is 1.95.